The largest absolute Gasteiger partial charge is 0.481 e. The molecule has 4 bridgehead atoms. The van der Waals surface area contributed by atoms with E-state index in [1.54, 1.807) is 0 Å². The maximum absolute atomic E-state index is 12.7. The van der Waals surface area contributed by atoms with Crippen LogP contribution in [0.15, 0.2) is 48.5 Å². The van der Waals surface area contributed by atoms with Gasteiger partial charge in [-0.15, -0.1) is 0 Å². The van der Waals surface area contributed by atoms with E-state index in [9.17, 15) is 4.79 Å². The van der Waals surface area contributed by atoms with Crippen molar-refractivity contribution in [3.8, 4) is 5.75 Å². The van der Waals surface area contributed by atoms with E-state index in [4.69, 9.17) is 4.74 Å². The molecule has 2 aromatic carbocycles. The predicted octanol–water partition coefficient (Wildman–Crippen LogP) is 6.12. The van der Waals surface area contributed by atoms with E-state index in [2.05, 4.69) is 36.5 Å². The topological polar surface area (TPSA) is 38.3 Å². The van der Waals surface area contributed by atoms with Crippen molar-refractivity contribution in [3.05, 3.63) is 59.7 Å². The number of anilines is 1. The van der Waals surface area contributed by atoms with Crippen molar-refractivity contribution in [3.63, 3.8) is 0 Å². The van der Waals surface area contributed by atoms with Crippen LogP contribution in [-0.4, -0.2) is 12.0 Å². The number of hydrogen-bond donors (Lipinski definition) is 1. The number of ether oxygens (including phenoxy) is 1. The summed E-state index contributed by atoms with van der Waals surface area (Å²) < 4.78 is 5.95. The van der Waals surface area contributed by atoms with E-state index >= 15 is 0 Å². The molecule has 0 aliphatic heterocycles. The van der Waals surface area contributed by atoms with E-state index in [1.807, 2.05) is 31.2 Å². The Morgan fingerprint density at radius 1 is 1.00 bits per heavy atom. The average Bonchev–Trinajstić information content (AvgIpc) is 2.73. The van der Waals surface area contributed by atoms with Gasteiger partial charge in [0.2, 0.25) is 0 Å². The molecule has 1 N–H and O–H groups in total. The van der Waals surface area contributed by atoms with Gasteiger partial charge in [0.05, 0.1) is 0 Å². The van der Waals surface area contributed by atoms with Crippen LogP contribution in [0.4, 0.5) is 5.69 Å². The lowest BCUT2D eigenvalue weighted by Crippen LogP contribution is -2.48. The summed E-state index contributed by atoms with van der Waals surface area (Å²) in [4.78, 5) is 12.7. The second-order valence-electron chi connectivity index (χ2n) is 9.99. The Bertz CT molecular complexity index is 881. The molecule has 3 nitrogen and oxygen atoms in total. The molecule has 158 valence electrons. The summed E-state index contributed by atoms with van der Waals surface area (Å²) in [5, 5.41) is 3.04. The highest BCUT2D eigenvalue weighted by Crippen LogP contribution is 2.60. The van der Waals surface area contributed by atoms with Crippen molar-refractivity contribution >= 4 is 11.6 Å². The van der Waals surface area contributed by atoms with E-state index < -0.39 is 6.10 Å². The van der Waals surface area contributed by atoms with Gasteiger partial charge in [-0.25, -0.2) is 0 Å². The van der Waals surface area contributed by atoms with Gasteiger partial charge in [-0.1, -0.05) is 37.3 Å². The third-order valence-corrected chi connectivity index (χ3v) is 7.83. The predicted molar refractivity (Wildman–Crippen MR) is 121 cm³/mol. The van der Waals surface area contributed by atoms with Crippen molar-refractivity contribution in [1.82, 2.24) is 0 Å². The molecule has 30 heavy (non-hydrogen) atoms. The minimum atomic E-state index is -0.541. The van der Waals surface area contributed by atoms with Gasteiger partial charge in [0.25, 0.3) is 5.91 Å². The SMILES string of the molecule is CCc1ccccc1O[C@H](C)C(=O)Nc1ccc(C23CC4CC(CC(C4)C2)C3)cc1. The Morgan fingerprint density at radius 2 is 1.60 bits per heavy atom. The van der Waals surface area contributed by atoms with Crippen LogP contribution in [0.2, 0.25) is 0 Å². The van der Waals surface area contributed by atoms with Crippen molar-refractivity contribution in [2.24, 2.45) is 17.8 Å². The maximum Gasteiger partial charge on any atom is 0.265 e. The molecule has 2 aromatic rings. The van der Waals surface area contributed by atoms with Crippen LogP contribution >= 0.6 is 0 Å². The zero-order chi connectivity index (χ0) is 20.7. The second-order valence-corrected chi connectivity index (χ2v) is 9.99. The highest BCUT2D eigenvalue weighted by molar-refractivity contribution is 5.94. The first kappa shape index (κ1) is 19.7. The first-order valence-corrected chi connectivity index (χ1v) is 11.7. The normalized spacial score (nSPS) is 30.1. The Kier molecular flexibility index (Phi) is 5.08. The molecule has 4 fully saturated rings. The van der Waals surface area contributed by atoms with Gasteiger partial charge in [-0.2, -0.15) is 0 Å². The summed E-state index contributed by atoms with van der Waals surface area (Å²) in [5.74, 6) is 3.52. The van der Waals surface area contributed by atoms with Crippen LogP contribution < -0.4 is 10.1 Å². The van der Waals surface area contributed by atoms with Gasteiger partial charge in [0.1, 0.15) is 5.75 Å². The number of para-hydroxylation sites is 1. The third kappa shape index (κ3) is 3.64. The Hall–Kier alpha value is -2.29. The molecule has 0 aromatic heterocycles. The molecule has 0 saturated heterocycles. The first-order valence-electron chi connectivity index (χ1n) is 11.7. The lowest BCUT2D eigenvalue weighted by molar-refractivity contribution is -0.122. The quantitative estimate of drug-likeness (QED) is 0.631. The zero-order valence-corrected chi connectivity index (χ0v) is 18.2. The third-order valence-electron chi connectivity index (χ3n) is 7.83. The van der Waals surface area contributed by atoms with Crippen LogP contribution in [0.1, 0.15) is 63.5 Å². The second kappa shape index (κ2) is 7.76. The van der Waals surface area contributed by atoms with Gasteiger partial charge >= 0.3 is 0 Å². The number of rotatable bonds is 6. The number of aryl methyl sites for hydroxylation is 1. The number of carbonyl (C=O) groups is 1. The molecule has 6 rings (SSSR count). The highest BCUT2D eigenvalue weighted by Gasteiger charge is 2.51. The molecule has 3 heteroatoms. The molecule has 4 aliphatic rings. The van der Waals surface area contributed by atoms with Gasteiger partial charge in [0, 0.05) is 5.69 Å². The smallest absolute Gasteiger partial charge is 0.265 e. The molecular weight excluding hydrogens is 370 g/mol. The summed E-state index contributed by atoms with van der Waals surface area (Å²) >= 11 is 0. The van der Waals surface area contributed by atoms with Gasteiger partial charge in [-0.05, 0) is 104 Å². The van der Waals surface area contributed by atoms with Crippen molar-refractivity contribution in [2.75, 3.05) is 5.32 Å². The van der Waals surface area contributed by atoms with Gasteiger partial charge < -0.3 is 10.1 Å². The van der Waals surface area contributed by atoms with Crippen LogP contribution in [0.3, 0.4) is 0 Å². The van der Waals surface area contributed by atoms with Crippen molar-refractivity contribution in [2.45, 2.75) is 70.3 Å². The summed E-state index contributed by atoms with van der Waals surface area (Å²) in [5.41, 5.74) is 3.86. The van der Waals surface area contributed by atoms with Crippen LogP contribution in [0.25, 0.3) is 0 Å². The first-order chi connectivity index (χ1) is 14.5. The molecule has 0 spiro atoms. The monoisotopic (exact) mass is 403 g/mol. The number of hydrogen-bond acceptors (Lipinski definition) is 2. The number of benzene rings is 2. The molecule has 1 atom stereocenters. The summed E-state index contributed by atoms with van der Waals surface area (Å²) in [6.45, 7) is 3.91. The van der Waals surface area contributed by atoms with Crippen molar-refractivity contribution in [1.29, 1.82) is 0 Å². The fourth-order valence-corrected chi connectivity index (χ4v) is 6.77. The van der Waals surface area contributed by atoms with E-state index in [0.29, 0.717) is 5.41 Å². The maximum atomic E-state index is 12.7. The molecule has 0 radical (unpaired) electrons. The Morgan fingerprint density at radius 3 is 2.20 bits per heavy atom. The standard InChI is InChI=1S/C27H33NO2/c1-3-22-6-4-5-7-25(22)30-18(2)26(29)28-24-10-8-23(9-11-24)27-15-19-12-20(16-27)14-21(13-19)17-27/h4-11,18-21H,3,12-17H2,1-2H3,(H,28,29)/t18-,19?,20?,21?,27?/m1/s1. The molecule has 0 heterocycles. The number of amides is 1. The van der Waals surface area contributed by atoms with E-state index in [0.717, 1.165) is 41.2 Å². The van der Waals surface area contributed by atoms with Gasteiger partial charge in [-0.3, -0.25) is 4.79 Å². The fourth-order valence-electron chi connectivity index (χ4n) is 6.77. The number of carbonyl (C=O) groups excluding carboxylic acids is 1. The highest BCUT2D eigenvalue weighted by atomic mass is 16.5. The Balaban J connectivity index is 1.24. The minimum absolute atomic E-state index is 0.108. The fraction of sp³-hybridized carbons (Fsp3) is 0.519. The molecular formula is C27H33NO2. The van der Waals surface area contributed by atoms with E-state index in [1.165, 1.54) is 44.1 Å². The Labute approximate surface area is 180 Å². The van der Waals surface area contributed by atoms with Crippen LogP contribution in [0, 0.1) is 17.8 Å². The summed E-state index contributed by atoms with van der Waals surface area (Å²) in [6, 6.07) is 16.6. The molecule has 1 amide bonds. The van der Waals surface area contributed by atoms with Crippen molar-refractivity contribution < 1.29 is 9.53 Å². The summed E-state index contributed by atoms with van der Waals surface area (Å²) in [6.07, 6.45) is 8.84. The zero-order valence-electron chi connectivity index (χ0n) is 18.2. The van der Waals surface area contributed by atoms with Crippen LogP contribution in [0.5, 0.6) is 5.75 Å². The molecule has 0 unspecified atom stereocenters. The average molecular weight is 404 g/mol. The lowest BCUT2D eigenvalue weighted by atomic mass is 9.48. The van der Waals surface area contributed by atoms with Crippen LogP contribution in [-0.2, 0) is 16.6 Å². The van der Waals surface area contributed by atoms with E-state index in [-0.39, 0.29) is 5.91 Å². The minimum Gasteiger partial charge on any atom is -0.481 e. The summed E-state index contributed by atoms with van der Waals surface area (Å²) in [7, 11) is 0. The number of nitrogens with one attached hydrogen (secondary N) is 1. The van der Waals surface area contributed by atoms with Gasteiger partial charge in [0.15, 0.2) is 6.10 Å². The lowest BCUT2D eigenvalue weighted by Gasteiger charge is -2.57. The molecule has 4 saturated carbocycles. The molecule has 4 aliphatic carbocycles.